The molecule has 0 atom stereocenters. The highest BCUT2D eigenvalue weighted by Gasteiger charge is 2.10. The first-order chi connectivity index (χ1) is 9.54. The van der Waals surface area contributed by atoms with Crippen LogP contribution >= 0.6 is 11.3 Å². The van der Waals surface area contributed by atoms with Gasteiger partial charge in [0.05, 0.1) is 29.1 Å². The maximum atomic E-state index is 11.9. The Morgan fingerprint density at radius 1 is 1.55 bits per heavy atom. The van der Waals surface area contributed by atoms with E-state index in [9.17, 15) is 4.79 Å². The van der Waals surface area contributed by atoms with E-state index in [1.54, 1.807) is 0 Å². The first-order valence-corrected chi connectivity index (χ1v) is 7.46. The van der Waals surface area contributed by atoms with E-state index in [0.29, 0.717) is 24.4 Å². The third-order valence-electron chi connectivity index (χ3n) is 2.42. The highest BCUT2D eigenvalue weighted by molar-refractivity contribution is 7.14. The number of thiophene rings is 1. The van der Waals surface area contributed by atoms with Gasteiger partial charge in [0, 0.05) is 13.0 Å². The van der Waals surface area contributed by atoms with Gasteiger partial charge in [0.2, 0.25) is 0 Å². The Morgan fingerprint density at radius 2 is 2.30 bits per heavy atom. The fraction of sp³-hybridized carbons (Fsp3) is 0.533. The molecule has 4 nitrogen and oxygen atoms in total. The van der Waals surface area contributed by atoms with Gasteiger partial charge in [0.25, 0.3) is 5.91 Å². The standard InChI is InChI=1S/C15H21NO3S/c1-11(2)19-9-7-16-15(18)14-10-12(3)13(20-14)6-4-5-8-17/h10-11,17H,5,7-9H2,1-3H3,(H,16,18). The fourth-order valence-electron chi connectivity index (χ4n) is 1.46. The van der Waals surface area contributed by atoms with Crippen molar-refractivity contribution >= 4 is 17.2 Å². The predicted molar refractivity (Wildman–Crippen MR) is 81.1 cm³/mol. The molecule has 0 aliphatic carbocycles. The van der Waals surface area contributed by atoms with Crippen LogP contribution in [0.4, 0.5) is 0 Å². The third-order valence-corrected chi connectivity index (χ3v) is 3.57. The van der Waals surface area contributed by atoms with Crippen LogP contribution in [0.25, 0.3) is 0 Å². The molecular formula is C15H21NO3S. The van der Waals surface area contributed by atoms with Crippen LogP contribution in [0, 0.1) is 18.8 Å². The molecule has 0 unspecified atom stereocenters. The number of hydrogen-bond donors (Lipinski definition) is 2. The van der Waals surface area contributed by atoms with E-state index in [2.05, 4.69) is 17.2 Å². The third kappa shape index (κ3) is 5.74. The number of aliphatic hydroxyl groups excluding tert-OH is 1. The van der Waals surface area contributed by atoms with Crippen LogP contribution < -0.4 is 5.32 Å². The minimum absolute atomic E-state index is 0.0562. The summed E-state index contributed by atoms with van der Waals surface area (Å²) in [7, 11) is 0. The van der Waals surface area contributed by atoms with Crippen LogP contribution in [-0.4, -0.2) is 36.9 Å². The van der Waals surface area contributed by atoms with Crippen LogP contribution in [0.1, 0.15) is 40.4 Å². The average Bonchev–Trinajstić information content (AvgIpc) is 2.76. The molecule has 0 aromatic carbocycles. The number of carbonyl (C=O) groups excluding carboxylic acids is 1. The average molecular weight is 295 g/mol. The minimum atomic E-state index is -0.0966. The number of amides is 1. The molecule has 2 N–H and O–H groups in total. The van der Waals surface area contributed by atoms with Crippen LogP contribution in [0.3, 0.4) is 0 Å². The van der Waals surface area contributed by atoms with Crippen LogP contribution in [-0.2, 0) is 4.74 Å². The number of rotatable bonds is 6. The Kier molecular flexibility index (Phi) is 7.31. The summed E-state index contributed by atoms with van der Waals surface area (Å²) in [6, 6.07) is 1.84. The van der Waals surface area contributed by atoms with Crippen molar-refractivity contribution in [3.63, 3.8) is 0 Å². The number of ether oxygens (including phenoxy) is 1. The second-order valence-electron chi connectivity index (χ2n) is 4.57. The number of aliphatic hydroxyl groups is 1. The summed E-state index contributed by atoms with van der Waals surface area (Å²) in [6.45, 7) is 6.92. The van der Waals surface area contributed by atoms with E-state index in [0.717, 1.165) is 10.4 Å². The Morgan fingerprint density at radius 3 is 2.95 bits per heavy atom. The van der Waals surface area contributed by atoms with Gasteiger partial charge in [0.1, 0.15) is 0 Å². The highest BCUT2D eigenvalue weighted by Crippen LogP contribution is 2.20. The van der Waals surface area contributed by atoms with Gasteiger partial charge in [-0.1, -0.05) is 11.8 Å². The monoisotopic (exact) mass is 295 g/mol. The van der Waals surface area contributed by atoms with Crippen LogP contribution in [0.15, 0.2) is 6.07 Å². The molecule has 0 bridgehead atoms. The molecule has 0 fully saturated rings. The SMILES string of the molecule is Cc1cc(C(=O)NCCOC(C)C)sc1C#CCCO. The van der Waals surface area contributed by atoms with E-state index >= 15 is 0 Å². The van der Waals surface area contributed by atoms with Crippen molar-refractivity contribution in [1.82, 2.24) is 5.32 Å². The molecule has 5 heteroatoms. The lowest BCUT2D eigenvalue weighted by atomic mass is 10.2. The van der Waals surface area contributed by atoms with Crippen molar-refractivity contribution in [2.45, 2.75) is 33.3 Å². The van der Waals surface area contributed by atoms with Gasteiger partial charge in [-0.2, -0.15) is 0 Å². The van der Waals surface area contributed by atoms with Crippen molar-refractivity contribution in [3.8, 4) is 11.8 Å². The summed E-state index contributed by atoms with van der Waals surface area (Å²) in [5.74, 6) is 5.75. The van der Waals surface area contributed by atoms with E-state index in [1.807, 2.05) is 26.8 Å². The van der Waals surface area contributed by atoms with Crippen molar-refractivity contribution < 1.29 is 14.6 Å². The molecule has 110 valence electrons. The van der Waals surface area contributed by atoms with Crippen LogP contribution in [0.2, 0.25) is 0 Å². The van der Waals surface area contributed by atoms with Crippen molar-refractivity contribution in [3.05, 3.63) is 21.4 Å². The molecular weight excluding hydrogens is 274 g/mol. The predicted octanol–water partition coefficient (Wildman–Crippen LogP) is 1.95. The molecule has 1 amide bonds. The van der Waals surface area contributed by atoms with Crippen LogP contribution in [0.5, 0.6) is 0 Å². The van der Waals surface area contributed by atoms with Gasteiger partial charge in [-0.25, -0.2) is 0 Å². The van der Waals surface area contributed by atoms with Crippen molar-refractivity contribution in [2.24, 2.45) is 0 Å². The Balaban J connectivity index is 2.53. The lowest BCUT2D eigenvalue weighted by Gasteiger charge is -2.07. The minimum Gasteiger partial charge on any atom is -0.395 e. The van der Waals surface area contributed by atoms with Gasteiger partial charge in [-0.3, -0.25) is 4.79 Å². The molecule has 0 aliphatic heterocycles. The summed E-state index contributed by atoms with van der Waals surface area (Å²) < 4.78 is 5.37. The first-order valence-electron chi connectivity index (χ1n) is 6.64. The molecule has 1 aromatic heterocycles. The summed E-state index contributed by atoms with van der Waals surface area (Å²) in [4.78, 5) is 13.5. The van der Waals surface area contributed by atoms with Crippen molar-refractivity contribution in [2.75, 3.05) is 19.8 Å². The van der Waals surface area contributed by atoms with Gasteiger partial charge in [-0.05, 0) is 32.4 Å². The molecule has 0 radical (unpaired) electrons. The summed E-state index contributed by atoms with van der Waals surface area (Å²) in [6.07, 6.45) is 0.620. The Labute approximate surface area is 124 Å². The Bertz CT molecular complexity index is 497. The largest absolute Gasteiger partial charge is 0.395 e. The van der Waals surface area contributed by atoms with Gasteiger partial charge in [0.15, 0.2) is 0 Å². The first kappa shape index (κ1) is 16.7. The quantitative estimate of drug-likeness (QED) is 0.623. The second-order valence-corrected chi connectivity index (χ2v) is 5.63. The highest BCUT2D eigenvalue weighted by atomic mass is 32.1. The summed E-state index contributed by atoms with van der Waals surface area (Å²) >= 11 is 1.37. The Hall–Kier alpha value is -1.35. The molecule has 0 spiro atoms. The molecule has 1 aromatic rings. The summed E-state index contributed by atoms with van der Waals surface area (Å²) in [5.41, 5.74) is 0.990. The fourth-order valence-corrected chi connectivity index (χ4v) is 2.43. The smallest absolute Gasteiger partial charge is 0.261 e. The normalized spacial score (nSPS) is 10.2. The molecule has 0 saturated carbocycles. The van der Waals surface area contributed by atoms with Gasteiger partial charge >= 0.3 is 0 Å². The van der Waals surface area contributed by atoms with E-state index in [-0.39, 0.29) is 18.6 Å². The zero-order valence-electron chi connectivity index (χ0n) is 12.2. The molecule has 0 saturated heterocycles. The van der Waals surface area contributed by atoms with Gasteiger partial charge in [-0.15, -0.1) is 11.3 Å². The molecule has 0 aliphatic rings. The second kappa shape index (κ2) is 8.75. The van der Waals surface area contributed by atoms with Crippen molar-refractivity contribution in [1.29, 1.82) is 0 Å². The summed E-state index contributed by atoms with van der Waals surface area (Å²) in [5, 5.41) is 11.5. The maximum Gasteiger partial charge on any atom is 0.261 e. The molecule has 1 rings (SSSR count). The molecule has 20 heavy (non-hydrogen) atoms. The maximum absolute atomic E-state index is 11.9. The number of carbonyl (C=O) groups is 1. The number of hydrogen-bond acceptors (Lipinski definition) is 4. The lowest BCUT2D eigenvalue weighted by molar-refractivity contribution is 0.0748. The zero-order valence-corrected chi connectivity index (χ0v) is 13.0. The number of nitrogens with one attached hydrogen (secondary N) is 1. The number of aryl methyl sites for hydroxylation is 1. The van der Waals surface area contributed by atoms with E-state index in [1.165, 1.54) is 11.3 Å². The molecule has 1 heterocycles. The van der Waals surface area contributed by atoms with Gasteiger partial charge < -0.3 is 15.2 Å². The lowest BCUT2D eigenvalue weighted by Crippen LogP contribution is -2.27. The van der Waals surface area contributed by atoms with E-state index in [4.69, 9.17) is 9.84 Å². The zero-order chi connectivity index (χ0) is 15.0. The van der Waals surface area contributed by atoms with E-state index < -0.39 is 0 Å². The topological polar surface area (TPSA) is 58.6 Å².